The van der Waals surface area contributed by atoms with Crippen LogP contribution in [-0.4, -0.2) is 45.8 Å². The van der Waals surface area contributed by atoms with E-state index in [1.54, 1.807) is 27.1 Å². The Morgan fingerprint density at radius 2 is 2.10 bits per heavy atom. The van der Waals surface area contributed by atoms with Gasteiger partial charge in [0.05, 0.1) is 10.4 Å². The van der Waals surface area contributed by atoms with Crippen molar-refractivity contribution in [2.75, 3.05) is 19.4 Å². The zero-order valence-electron chi connectivity index (χ0n) is 11.9. The van der Waals surface area contributed by atoms with E-state index in [0.29, 0.717) is 16.7 Å². The van der Waals surface area contributed by atoms with Gasteiger partial charge >= 0.3 is 0 Å². The van der Waals surface area contributed by atoms with Gasteiger partial charge in [0.15, 0.2) is 0 Å². The van der Waals surface area contributed by atoms with Crippen molar-refractivity contribution in [3.05, 3.63) is 34.6 Å². The molecule has 8 heteroatoms. The van der Waals surface area contributed by atoms with Crippen LogP contribution in [0.2, 0.25) is 0 Å². The molecular weight excluding hydrogens is 274 g/mol. The highest BCUT2D eigenvalue weighted by Crippen LogP contribution is 2.24. The predicted molar refractivity (Wildman–Crippen MR) is 78.0 cm³/mol. The van der Waals surface area contributed by atoms with Crippen molar-refractivity contribution in [2.45, 2.75) is 13.0 Å². The highest BCUT2D eigenvalue weighted by molar-refractivity contribution is 5.93. The van der Waals surface area contributed by atoms with E-state index in [4.69, 9.17) is 0 Å². The number of nitro groups is 1. The number of carbonyl (C=O) groups excluding carboxylic acids is 1. The summed E-state index contributed by atoms with van der Waals surface area (Å²) in [4.78, 5) is 31.8. The molecule has 1 aromatic heterocycles. The Morgan fingerprint density at radius 1 is 1.38 bits per heavy atom. The summed E-state index contributed by atoms with van der Waals surface area (Å²) in [5.74, 6) is 0.276. The third-order valence-corrected chi connectivity index (χ3v) is 2.99. The Labute approximate surface area is 121 Å². The van der Waals surface area contributed by atoms with E-state index in [1.165, 1.54) is 23.4 Å². The van der Waals surface area contributed by atoms with E-state index in [-0.39, 0.29) is 11.6 Å². The monoisotopic (exact) mass is 289 g/mol. The third-order valence-electron chi connectivity index (χ3n) is 2.99. The maximum absolute atomic E-state index is 11.9. The van der Waals surface area contributed by atoms with Crippen molar-refractivity contribution >= 4 is 28.3 Å². The number of fused-ring (bicyclic) bond motifs is 1. The average molecular weight is 289 g/mol. The number of anilines is 1. The molecule has 0 aliphatic rings. The molecule has 0 fully saturated rings. The van der Waals surface area contributed by atoms with Gasteiger partial charge in [-0.2, -0.15) is 0 Å². The van der Waals surface area contributed by atoms with Gasteiger partial charge in [-0.3, -0.25) is 14.9 Å². The van der Waals surface area contributed by atoms with Gasteiger partial charge in [0.1, 0.15) is 18.2 Å². The third kappa shape index (κ3) is 3.04. The highest BCUT2D eigenvalue weighted by Gasteiger charge is 2.17. The van der Waals surface area contributed by atoms with Crippen LogP contribution in [0.5, 0.6) is 0 Å². The number of nitrogens with one attached hydrogen (secondary N) is 1. The summed E-state index contributed by atoms with van der Waals surface area (Å²) in [6.45, 7) is 1.70. The van der Waals surface area contributed by atoms with Gasteiger partial charge in [-0.15, -0.1) is 0 Å². The van der Waals surface area contributed by atoms with Crippen molar-refractivity contribution < 1.29 is 9.72 Å². The zero-order valence-corrected chi connectivity index (χ0v) is 11.9. The van der Waals surface area contributed by atoms with Crippen molar-refractivity contribution in [2.24, 2.45) is 0 Å². The molecule has 0 radical (unpaired) electrons. The van der Waals surface area contributed by atoms with Crippen molar-refractivity contribution in [1.82, 2.24) is 14.9 Å². The minimum absolute atomic E-state index is 0.0491. The van der Waals surface area contributed by atoms with Gasteiger partial charge in [-0.25, -0.2) is 9.97 Å². The van der Waals surface area contributed by atoms with Crippen molar-refractivity contribution in [1.29, 1.82) is 0 Å². The number of nitrogens with zero attached hydrogens (tertiary/aromatic N) is 4. The molecule has 21 heavy (non-hydrogen) atoms. The first-order valence-electron chi connectivity index (χ1n) is 6.27. The van der Waals surface area contributed by atoms with E-state index in [2.05, 4.69) is 15.3 Å². The second-order valence-electron chi connectivity index (χ2n) is 4.78. The van der Waals surface area contributed by atoms with E-state index < -0.39 is 11.0 Å². The molecule has 1 unspecified atom stereocenters. The van der Waals surface area contributed by atoms with Crippen LogP contribution >= 0.6 is 0 Å². The Morgan fingerprint density at radius 3 is 2.71 bits per heavy atom. The lowest BCUT2D eigenvalue weighted by Crippen LogP contribution is -2.36. The van der Waals surface area contributed by atoms with Crippen LogP contribution in [0, 0.1) is 10.1 Å². The first-order chi connectivity index (χ1) is 9.90. The Balaban J connectivity index is 2.41. The molecule has 1 N–H and O–H groups in total. The topological polar surface area (TPSA) is 101 Å². The van der Waals surface area contributed by atoms with E-state index in [0.717, 1.165) is 0 Å². The fourth-order valence-corrected chi connectivity index (χ4v) is 1.93. The minimum Gasteiger partial charge on any atom is -0.358 e. The van der Waals surface area contributed by atoms with Gasteiger partial charge < -0.3 is 10.2 Å². The molecule has 0 aliphatic heterocycles. The molecule has 110 valence electrons. The summed E-state index contributed by atoms with van der Waals surface area (Å²) in [6.07, 6.45) is 1.35. The van der Waals surface area contributed by atoms with Crippen LogP contribution < -0.4 is 5.32 Å². The molecular formula is C13H15N5O3. The van der Waals surface area contributed by atoms with E-state index in [1.807, 2.05) is 0 Å². The lowest BCUT2D eigenvalue weighted by molar-refractivity contribution is -0.384. The van der Waals surface area contributed by atoms with E-state index >= 15 is 0 Å². The average Bonchev–Trinajstić information content (AvgIpc) is 2.46. The lowest BCUT2D eigenvalue weighted by Gasteiger charge is -2.19. The fourth-order valence-electron chi connectivity index (χ4n) is 1.93. The van der Waals surface area contributed by atoms with Crippen LogP contribution in [0.4, 0.5) is 11.5 Å². The van der Waals surface area contributed by atoms with E-state index in [9.17, 15) is 14.9 Å². The van der Waals surface area contributed by atoms with Crippen LogP contribution in [0.1, 0.15) is 6.92 Å². The summed E-state index contributed by atoms with van der Waals surface area (Å²) in [5.41, 5.74) is 0.523. The summed E-state index contributed by atoms with van der Waals surface area (Å²) in [6, 6.07) is 3.83. The number of non-ortho nitro benzene ring substituents is 1. The van der Waals surface area contributed by atoms with Gasteiger partial charge in [0.2, 0.25) is 5.91 Å². The number of rotatable bonds is 4. The number of likely N-dealkylation sites (N-methyl/N-ethyl adjacent to an activating group) is 1. The molecule has 1 aromatic carbocycles. The first kappa shape index (κ1) is 14.6. The van der Waals surface area contributed by atoms with Gasteiger partial charge in [-0.05, 0) is 13.0 Å². The van der Waals surface area contributed by atoms with Crippen molar-refractivity contribution in [3.8, 4) is 0 Å². The summed E-state index contributed by atoms with van der Waals surface area (Å²) in [7, 11) is 3.31. The molecule has 1 atom stereocenters. The number of nitro benzene ring substituents is 1. The molecule has 2 aromatic rings. The maximum atomic E-state index is 11.9. The Bertz CT molecular complexity index is 701. The Hall–Kier alpha value is -2.77. The zero-order chi connectivity index (χ0) is 15.6. The maximum Gasteiger partial charge on any atom is 0.270 e. The van der Waals surface area contributed by atoms with Crippen LogP contribution in [-0.2, 0) is 4.79 Å². The number of carbonyl (C=O) groups is 1. The fraction of sp³-hybridized carbons (Fsp3) is 0.308. The molecule has 1 amide bonds. The highest BCUT2D eigenvalue weighted by atomic mass is 16.6. The SMILES string of the molecule is CC(Nc1ncnc2ccc([N+](=O)[O-])cc12)C(=O)N(C)C. The number of hydrogen-bond acceptors (Lipinski definition) is 6. The molecule has 0 saturated carbocycles. The minimum atomic E-state index is -0.502. The second kappa shape index (κ2) is 5.70. The number of amides is 1. The van der Waals surface area contributed by atoms with Gasteiger partial charge in [-0.1, -0.05) is 0 Å². The lowest BCUT2D eigenvalue weighted by atomic mass is 10.2. The molecule has 2 rings (SSSR count). The molecule has 1 heterocycles. The number of aromatic nitrogens is 2. The predicted octanol–water partition coefficient (Wildman–Crippen LogP) is 1.43. The second-order valence-corrected chi connectivity index (χ2v) is 4.78. The molecule has 0 spiro atoms. The first-order valence-corrected chi connectivity index (χ1v) is 6.27. The van der Waals surface area contributed by atoms with Crippen LogP contribution in [0.25, 0.3) is 10.9 Å². The number of hydrogen-bond donors (Lipinski definition) is 1. The molecule has 0 saturated heterocycles. The largest absolute Gasteiger partial charge is 0.358 e. The number of benzene rings is 1. The summed E-state index contributed by atoms with van der Waals surface area (Å²) >= 11 is 0. The smallest absolute Gasteiger partial charge is 0.270 e. The van der Waals surface area contributed by atoms with Crippen LogP contribution in [0.15, 0.2) is 24.5 Å². The molecule has 8 nitrogen and oxygen atoms in total. The molecule has 0 aliphatic carbocycles. The van der Waals surface area contributed by atoms with Gasteiger partial charge in [0.25, 0.3) is 5.69 Å². The normalized spacial score (nSPS) is 12.0. The van der Waals surface area contributed by atoms with Crippen molar-refractivity contribution in [3.63, 3.8) is 0 Å². The Kier molecular flexibility index (Phi) is 3.97. The summed E-state index contributed by atoms with van der Waals surface area (Å²) < 4.78 is 0. The van der Waals surface area contributed by atoms with Crippen LogP contribution in [0.3, 0.4) is 0 Å². The standard InChI is InChI=1S/C13H15N5O3/c1-8(13(19)17(2)3)16-12-10-6-9(18(20)21)4-5-11(10)14-7-15-12/h4-8H,1-3H3,(H,14,15,16). The van der Waals surface area contributed by atoms with Gasteiger partial charge in [0, 0.05) is 31.6 Å². The molecule has 0 bridgehead atoms. The quantitative estimate of drug-likeness (QED) is 0.674. The summed E-state index contributed by atoms with van der Waals surface area (Å²) in [5, 5.41) is 14.3.